The number of amides is 1. The van der Waals surface area contributed by atoms with Gasteiger partial charge in [-0.15, -0.1) is 0 Å². The molecule has 0 spiro atoms. The lowest BCUT2D eigenvalue weighted by atomic mass is 10.2. The van der Waals surface area contributed by atoms with E-state index in [1.807, 2.05) is 0 Å². The molecular weight excluding hydrogens is 250 g/mol. The van der Waals surface area contributed by atoms with Crippen LogP contribution in [0.1, 0.15) is 29.9 Å². The van der Waals surface area contributed by atoms with Crippen molar-refractivity contribution in [2.45, 2.75) is 20.3 Å². The van der Waals surface area contributed by atoms with Crippen LogP contribution in [0.4, 0.5) is 10.9 Å². The van der Waals surface area contributed by atoms with Crippen molar-refractivity contribution in [3.05, 3.63) is 4.88 Å². The van der Waals surface area contributed by atoms with E-state index in [1.165, 1.54) is 11.3 Å². The molecule has 0 atom stereocenters. The maximum atomic E-state index is 11.8. The molecule has 0 unspecified atom stereocenters. The lowest BCUT2D eigenvalue weighted by Gasteiger charge is -2.04. The molecule has 0 saturated heterocycles. The highest BCUT2D eigenvalue weighted by Crippen LogP contribution is 2.24. The van der Waals surface area contributed by atoms with Crippen molar-refractivity contribution in [1.29, 1.82) is 0 Å². The minimum Gasteiger partial charge on any atom is -0.382 e. The number of thiazole rings is 1. The lowest BCUT2D eigenvalue weighted by molar-refractivity contribution is 0.0958. The summed E-state index contributed by atoms with van der Waals surface area (Å²) in [6, 6.07) is 0. The molecule has 0 aliphatic carbocycles. The molecule has 7 heteroatoms. The summed E-state index contributed by atoms with van der Waals surface area (Å²) in [4.78, 5) is 16.4. The molecule has 0 aliphatic rings. The van der Waals surface area contributed by atoms with E-state index in [0.29, 0.717) is 29.0 Å². The Labute approximate surface area is 111 Å². The van der Waals surface area contributed by atoms with Gasteiger partial charge in [0, 0.05) is 13.1 Å². The quantitative estimate of drug-likeness (QED) is 0.551. The zero-order valence-electron chi connectivity index (χ0n) is 10.8. The van der Waals surface area contributed by atoms with Crippen LogP contribution < -0.4 is 22.1 Å². The summed E-state index contributed by atoms with van der Waals surface area (Å²) in [5.74, 6) is 0.601. The van der Waals surface area contributed by atoms with Crippen molar-refractivity contribution in [2.24, 2.45) is 11.7 Å². The molecule has 1 heterocycles. The SMILES string of the molecule is CC(C)CNc1nc(N)c(C(=O)NCCCN)s1. The van der Waals surface area contributed by atoms with E-state index in [2.05, 4.69) is 29.5 Å². The Morgan fingerprint density at radius 1 is 1.50 bits per heavy atom. The molecule has 18 heavy (non-hydrogen) atoms. The highest BCUT2D eigenvalue weighted by Gasteiger charge is 2.15. The molecule has 1 aromatic rings. The van der Waals surface area contributed by atoms with E-state index in [-0.39, 0.29) is 11.7 Å². The summed E-state index contributed by atoms with van der Waals surface area (Å²) in [6.45, 7) is 6.12. The first-order valence-electron chi connectivity index (χ1n) is 6.03. The molecule has 6 N–H and O–H groups in total. The Morgan fingerprint density at radius 3 is 2.83 bits per heavy atom. The van der Waals surface area contributed by atoms with Crippen LogP contribution in [0.25, 0.3) is 0 Å². The van der Waals surface area contributed by atoms with Crippen molar-refractivity contribution in [1.82, 2.24) is 10.3 Å². The second-order valence-electron chi connectivity index (χ2n) is 4.41. The van der Waals surface area contributed by atoms with E-state index >= 15 is 0 Å². The van der Waals surface area contributed by atoms with Gasteiger partial charge in [-0.05, 0) is 18.9 Å². The van der Waals surface area contributed by atoms with Gasteiger partial charge in [-0.2, -0.15) is 0 Å². The van der Waals surface area contributed by atoms with Gasteiger partial charge in [0.1, 0.15) is 10.7 Å². The predicted molar refractivity (Wildman–Crippen MR) is 75.9 cm³/mol. The smallest absolute Gasteiger partial charge is 0.265 e. The first kappa shape index (κ1) is 14.7. The highest BCUT2D eigenvalue weighted by molar-refractivity contribution is 7.18. The Morgan fingerprint density at radius 2 is 2.22 bits per heavy atom. The van der Waals surface area contributed by atoms with E-state index in [1.54, 1.807) is 0 Å². The first-order valence-corrected chi connectivity index (χ1v) is 6.84. The Kier molecular flexibility index (Phi) is 5.87. The Balaban J connectivity index is 2.57. The third-order valence-corrected chi connectivity index (χ3v) is 3.22. The normalized spacial score (nSPS) is 10.7. The van der Waals surface area contributed by atoms with E-state index in [4.69, 9.17) is 11.5 Å². The summed E-state index contributed by atoms with van der Waals surface area (Å²) >= 11 is 1.28. The second kappa shape index (κ2) is 7.17. The van der Waals surface area contributed by atoms with Crippen LogP contribution in [0.3, 0.4) is 0 Å². The maximum Gasteiger partial charge on any atom is 0.265 e. The summed E-state index contributed by atoms with van der Waals surface area (Å²) in [6.07, 6.45) is 0.753. The van der Waals surface area contributed by atoms with Crippen LogP contribution in [0.2, 0.25) is 0 Å². The lowest BCUT2D eigenvalue weighted by Crippen LogP contribution is -2.25. The second-order valence-corrected chi connectivity index (χ2v) is 5.41. The molecule has 1 amide bonds. The largest absolute Gasteiger partial charge is 0.382 e. The molecule has 0 bridgehead atoms. The Hall–Kier alpha value is -1.34. The molecule has 0 aliphatic heterocycles. The van der Waals surface area contributed by atoms with Crippen molar-refractivity contribution in [2.75, 3.05) is 30.7 Å². The van der Waals surface area contributed by atoms with E-state index in [9.17, 15) is 4.79 Å². The number of carbonyl (C=O) groups is 1. The van der Waals surface area contributed by atoms with Crippen LogP contribution in [0.15, 0.2) is 0 Å². The first-order chi connectivity index (χ1) is 8.54. The van der Waals surface area contributed by atoms with E-state index in [0.717, 1.165) is 13.0 Å². The summed E-state index contributed by atoms with van der Waals surface area (Å²) in [5.41, 5.74) is 11.1. The number of nitrogen functional groups attached to an aromatic ring is 1. The van der Waals surface area contributed by atoms with E-state index < -0.39 is 0 Å². The standard InChI is InChI=1S/C11H21N5OS/c1-7(2)6-15-11-16-9(13)8(18-11)10(17)14-5-3-4-12/h7H,3-6,12-13H2,1-2H3,(H,14,17)(H,15,16). The number of carbonyl (C=O) groups excluding carboxylic acids is 1. The Bertz CT molecular complexity index is 391. The van der Waals surface area contributed by atoms with Crippen LogP contribution in [0, 0.1) is 5.92 Å². The van der Waals surface area contributed by atoms with Gasteiger partial charge in [0.25, 0.3) is 5.91 Å². The van der Waals surface area contributed by atoms with Crippen LogP contribution in [-0.4, -0.2) is 30.5 Å². The third kappa shape index (κ3) is 4.50. The molecule has 0 saturated carbocycles. The maximum absolute atomic E-state index is 11.8. The summed E-state index contributed by atoms with van der Waals surface area (Å²) in [7, 11) is 0. The fraction of sp³-hybridized carbons (Fsp3) is 0.636. The average Bonchev–Trinajstić information content (AvgIpc) is 2.68. The van der Waals surface area contributed by atoms with Crippen molar-refractivity contribution < 1.29 is 4.79 Å². The number of hydrogen-bond donors (Lipinski definition) is 4. The fourth-order valence-corrected chi connectivity index (χ4v) is 2.05. The number of nitrogens with one attached hydrogen (secondary N) is 2. The van der Waals surface area contributed by atoms with Gasteiger partial charge in [0.15, 0.2) is 5.13 Å². The van der Waals surface area contributed by atoms with Crippen LogP contribution >= 0.6 is 11.3 Å². The summed E-state index contributed by atoms with van der Waals surface area (Å²) in [5, 5.41) is 6.60. The molecule has 1 rings (SSSR count). The van der Waals surface area contributed by atoms with Gasteiger partial charge in [0.2, 0.25) is 0 Å². The fourth-order valence-electron chi connectivity index (χ4n) is 1.25. The molecule has 0 fully saturated rings. The summed E-state index contributed by atoms with van der Waals surface area (Å²) < 4.78 is 0. The minimum absolute atomic E-state index is 0.184. The number of hydrogen-bond acceptors (Lipinski definition) is 6. The highest BCUT2D eigenvalue weighted by atomic mass is 32.1. The minimum atomic E-state index is -0.184. The van der Waals surface area contributed by atoms with Gasteiger partial charge >= 0.3 is 0 Å². The molecule has 0 aromatic carbocycles. The number of aromatic nitrogens is 1. The molecule has 102 valence electrons. The number of anilines is 2. The van der Waals surface area contributed by atoms with Crippen molar-refractivity contribution in [3.63, 3.8) is 0 Å². The molecular formula is C11H21N5OS. The number of nitrogens with zero attached hydrogens (tertiary/aromatic N) is 1. The predicted octanol–water partition coefficient (Wildman–Crippen LogP) is 0.872. The van der Waals surface area contributed by atoms with Gasteiger partial charge in [-0.3, -0.25) is 4.79 Å². The van der Waals surface area contributed by atoms with Gasteiger partial charge < -0.3 is 22.1 Å². The average molecular weight is 271 g/mol. The van der Waals surface area contributed by atoms with Crippen LogP contribution in [-0.2, 0) is 0 Å². The number of nitrogens with two attached hydrogens (primary N) is 2. The molecule has 0 radical (unpaired) electrons. The van der Waals surface area contributed by atoms with Gasteiger partial charge in [-0.1, -0.05) is 25.2 Å². The van der Waals surface area contributed by atoms with Gasteiger partial charge in [0.05, 0.1) is 0 Å². The zero-order valence-corrected chi connectivity index (χ0v) is 11.6. The van der Waals surface area contributed by atoms with Crippen molar-refractivity contribution in [3.8, 4) is 0 Å². The third-order valence-electron chi connectivity index (χ3n) is 2.19. The topological polar surface area (TPSA) is 106 Å². The monoisotopic (exact) mass is 271 g/mol. The molecule has 6 nitrogen and oxygen atoms in total. The van der Waals surface area contributed by atoms with Crippen molar-refractivity contribution >= 4 is 28.2 Å². The zero-order chi connectivity index (χ0) is 13.5. The van der Waals surface area contributed by atoms with Gasteiger partial charge in [-0.25, -0.2) is 4.98 Å². The molecule has 1 aromatic heterocycles. The number of rotatable bonds is 7. The van der Waals surface area contributed by atoms with Crippen LogP contribution in [0.5, 0.6) is 0 Å².